The van der Waals surface area contributed by atoms with E-state index in [-0.39, 0.29) is 4.99 Å². The molecule has 1 aromatic heterocycles. The van der Waals surface area contributed by atoms with E-state index in [1.54, 1.807) is 12.4 Å². The Morgan fingerprint density at radius 2 is 2.10 bits per heavy atom. The van der Waals surface area contributed by atoms with Crippen molar-refractivity contribution in [3.05, 3.63) is 47.4 Å². The van der Waals surface area contributed by atoms with Gasteiger partial charge in [-0.1, -0.05) is 29.9 Å². The Kier molecular flexibility index (Phi) is 3.36. The lowest BCUT2D eigenvalue weighted by Crippen LogP contribution is -2.28. The van der Waals surface area contributed by atoms with Crippen molar-refractivity contribution in [2.75, 3.05) is 11.4 Å². The third-order valence-electron chi connectivity index (χ3n) is 3.52. The first-order valence-electron chi connectivity index (χ1n) is 6.64. The average Bonchev–Trinajstić information content (AvgIpc) is 2.46. The van der Waals surface area contributed by atoms with Crippen LogP contribution in [0.25, 0.3) is 0 Å². The van der Waals surface area contributed by atoms with Crippen molar-refractivity contribution >= 4 is 28.7 Å². The van der Waals surface area contributed by atoms with E-state index in [1.807, 2.05) is 0 Å². The van der Waals surface area contributed by atoms with Gasteiger partial charge in [-0.3, -0.25) is 0 Å². The molecular formula is C15H16N4S. The number of nitrogens with zero attached hydrogens (tertiary/aromatic N) is 3. The second kappa shape index (κ2) is 5.17. The molecule has 0 fully saturated rings. The fourth-order valence-corrected chi connectivity index (χ4v) is 2.79. The topological polar surface area (TPSA) is 55.0 Å². The molecule has 3 rings (SSSR count). The summed E-state index contributed by atoms with van der Waals surface area (Å²) in [5.74, 6) is 0.754. The molecule has 0 saturated carbocycles. The van der Waals surface area contributed by atoms with Gasteiger partial charge in [-0.25, -0.2) is 9.97 Å². The number of aryl methyl sites for hydroxylation is 2. The van der Waals surface area contributed by atoms with Crippen LogP contribution in [0, 0.1) is 6.92 Å². The lowest BCUT2D eigenvalue weighted by Gasteiger charge is -2.31. The highest BCUT2D eigenvalue weighted by Crippen LogP contribution is 2.33. The fraction of sp³-hybridized carbons (Fsp3) is 0.267. The molecule has 5 heteroatoms. The van der Waals surface area contributed by atoms with Crippen LogP contribution in [0.2, 0.25) is 0 Å². The summed E-state index contributed by atoms with van der Waals surface area (Å²) >= 11 is 5.09. The van der Waals surface area contributed by atoms with Crippen LogP contribution in [-0.4, -0.2) is 21.5 Å². The van der Waals surface area contributed by atoms with Crippen molar-refractivity contribution in [2.45, 2.75) is 19.8 Å². The average molecular weight is 284 g/mol. The maximum atomic E-state index is 5.77. The van der Waals surface area contributed by atoms with Crippen LogP contribution < -0.4 is 10.6 Å². The number of aromatic nitrogens is 2. The van der Waals surface area contributed by atoms with Gasteiger partial charge in [-0.05, 0) is 31.4 Å². The van der Waals surface area contributed by atoms with Gasteiger partial charge >= 0.3 is 0 Å². The third kappa shape index (κ3) is 2.25. The standard InChI is InChI=1S/C15H16N4S/c1-10-4-5-12-11(9-10)3-2-8-19(12)15-13(14(16)20)17-6-7-18-15/h4-7,9H,2-3,8H2,1H3,(H2,16,20). The minimum atomic E-state index is 0.285. The van der Waals surface area contributed by atoms with E-state index in [1.165, 1.54) is 16.8 Å². The maximum absolute atomic E-state index is 5.77. The normalized spacial score (nSPS) is 13.9. The van der Waals surface area contributed by atoms with Crippen molar-refractivity contribution in [2.24, 2.45) is 5.73 Å². The van der Waals surface area contributed by atoms with Gasteiger partial charge in [0.1, 0.15) is 10.7 Å². The fourth-order valence-electron chi connectivity index (χ4n) is 2.65. The Bertz CT molecular complexity index is 669. The molecule has 0 bridgehead atoms. The molecule has 2 aromatic rings. The number of hydrogen-bond donors (Lipinski definition) is 1. The number of benzene rings is 1. The zero-order valence-electron chi connectivity index (χ0n) is 11.3. The summed E-state index contributed by atoms with van der Waals surface area (Å²) < 4.78 is 0. The summed E-state index contributed by atoms with van der Waals surface area (Å²) in [7, 11) is 0. The second-order valence-electron chi connectivity index (χ2n) is 4.98. The van der Waals surface area contributed by atoms with Gasteiger partial charge in [0.25, 0.3) is 0 Å². The Hall–Kier alpha value is -2.01. The van der Waals surface area contributed by atoms with E-state index < -0.39 is 0 Å². The number of hydrogen-bond acceptors (Lipinski definition) is 4. The van der Waals surface area contributed by atoms with Gasteiger partial charge in [0, 0.05) is 24.6 Å². The van der Waals surface area contributed by atoms with Crippen LogP contribution in [0.4, 0.5) is 11.5 Å². The van der Waals surface area contributed by atoms with E-state index in [2.05, 4.69) is 40.0 Å². The molecule has 1 aliphatic rings. The summed E-state index contributed by atoms with van der Waals surface area (Å²) in [5.41, 5.74) is 10.2. The Balaban J connectivity index is 2.12. The molecule has 0 atom stereocenters. The van der Waals surface area contributed by atoms with Gasteiger partial charge in [0.15, 0.2) is 5.82 Å². The van der Waals surface area contributed by atoms with Gasteiger partial charge in [0.2, 0.25) is 0 Å². The summed E-state index contributed by atoms with van der Waals surface area (Å²) in [6.07, 6.45) is 5.48. The van der Waals surface area contributed by atoms with E-state index in [0.717, 1.165) is 25.2 Å². The number of anilines is 2. The lowest BCUT2D eigenvalue weighted by atomic mass is 9.99. The number of fused-ring (bicyclic) bond motifs is 1. The highest BCUT2D eigenvalue weighted by Gasteiger charge is 2.22. The van der Waals surface area contributed by atoms with Crippen molar-refractivity contribution in [3.8, 4) is 0 Å². The van der Waals surface area contributed by atoms with Crippen molar-refractivity contribution in [1.82, 2.24) is 9.97 Å². The van der Waals surface area contributed by atoms with Crippen molar-refractivity contribution < 1.29 is 0 Å². The molecular weight excluding hydrogens is 268 g/mol. The van der Waals surface area contributed by atoms with Gasteiger partial charge in [-0.15, -0.1) is 0 Å². The van der Waals surface area contributed by atoms with Crippen LogP contribution in [-0.2, 0) is 6.42 Å². The van der Waals surface area contributed by atoms with E-state index in [0.29, 0.717) is 5.69 Å². The minimum Gasteiger partial charge on any atom is -0.388 e. The summed E-state index contributed by atoms with van der Waals surface area (Å²) in [6.45, 7) is 3.02. The largest absolute Gasteiger partial charge is 0.388 e. The van der Waals surface area contributed by atoms with Crippen LogP contribution in [0.1, 0.15) is 23.2 Å². The highest BCUT2D eigenvalue weighted by molar-refractivity contribution is 7.80. The molecule has 1 aromatic carbocycles. The third-order valence-corrected chi connectivity index (χ3v) is 3.71. The summed E-state index contributed by atoms with van der Waals surface area (Å²) in [4.78, 5) is 11.2. The Labute approximate surface area is 123 Å². The first-order valence-corrected chi connectivity index (χ1v) is 7.05. The molecule has 1 aliphatic heterocycles. The number of thiocarbonyl (C=S) groups is 1. The second-order valence-corrected chi connectivity index (χ2v) is 5.42. The Morgan fingerprint density at radius 1 is 1.30 bits per heavy atom. The van der Waals surface area contributed by atoms with Gasteiger partial charge in [-0.2, -0.15) is 0 Å². The molecule has 20 heavy (non-hydrogen) atoms. The summed E-state index contributed by atoms with van der Waals surface area (Å²) in [5, 5.41) is 0. The molecule has 4 nitrogen and oxygen atoms in total. The molecule has 2 heterocycles. The first-order chi connectivity index (χ1) is 9.66. The van der Waals surface area contributed by atoms with Gasteiger partial charge in [0.05, 0.1) is 0 Å². The van der Waals surface area contributed by atoms with Crippen LogP contribution in [0.3, 0.4) is 0 Å². The van der Waals surface area contributed by atoms with Crippen molar-refractivity contribution in [1.29, 1.82) is 0 Å². The molecule has 0 aliphatic carbocycles. The highest BCUT2D eigenvalue weighted by atomic mass is 32.1. The minimum absolute atomic E-state index is 0.285. The van der Waals surface area contributed by atoms with E-state index in [9.17, 15) is 0 Å². The van der Waals surface area contributed by atoms with E-state index in [4.69, 9.17) is 18.0 Å². The predicted octanol–water partition coefficient (Wildman–Crippen LogP) is 2.50. The lowest BCUT2D eigenvalue weighted by molar-refractivity contribution is 0.756. The van der Waals surface area contributed by atoms with Gasteiger partial charge < -0.3 is 10.6 Å². The van der Waals surface area contributed by atoms with E-state index >= 15 is 0 Å². The molecule has 102 valence electrons. The molecule has 2 N–H and O–H groups in total. The number of rotatable bonds is 2. The molecule has 0 unspecified atom stereocenters. The SMILES string of the molecule is Cc1ccc2c(c1)CCCN2c1nccnc1C(N)=S. The maximum Gasteiger partial charge on any atom is 0.162 e. The van der Waals surface area contributed by atoms with Crippen LogP contribution in [0.15, 0.2) is 30.6 Å². The van der Waals surface area contributed by atoms with Crippen LogP contribution in [0.5, 0.6) is 0 Å². The summed E-state index contributed by atoms with van der Waals surface area (Å²) in [6, 6.07) is 6.49. The Morgan fingerprint density at radius 3 is 2.90 bits per heavy atom. The predicted molar refractivity (Wildman–Crippen MR) is 84.4 cm³/mol. The van der Waals surface area contributed by atoms with Crippen LogP contribution >= 0.6 is 12.2 Å². The first kappa shape index (κ1) is 13.0. The van der Waals surface area contributed by atoms with Crippen molar-refractivity contribution in [3.63, 3.8) is 0 Å². The smallest absolute Gasteiger partial charge is 0.162 e. The molecule has 0 spiro atoms. The number of nitrogens with two attached hydrogens (primary N) is 1. The zero-order valence-corrected chi connectivity index (χ0v) is 12.2. The molecule has 0 amide bonds. The monoisotopic (exact) mass is 284 g/mol. The molecule has 0 saturated heterocycles. The quantitative estimate of drug-likeness (QED) is 0.859. The zero-order chi connectivity index (χ0) is 14.1. The molecule has 0 radical (unpaired) electrons.